The molecule has 1 N–H and O–H groups in total. The number of rotatable bonds is 3. The quantitative estimate of drug-likeness (QED) is 0.881. The Morgan fingerprint density at radius 3 is 2.89 bits per heavy atom. The molecule has 2 rings (SSSR count). The van der Waals surface area contributed by atoms with Crippen LogP contribution in [0, 0.1) is 0 Å². The van der Waals surface area contributed by atoms with Gasteiger partial charge in [0.25, 0.3) is 5.91 Å². The molecule has 0 aliphatic carbocycles. The number of benzene rings is 1. The summed E-state index contributed by atoms with van der Waals surface area (Å²) in [5.74, 6) is 0.666. The van der Waals surface area contributed by atoms with Crippen LogP contribution in [0.15, 0.2) is 24.3 Å². The van der Waals surface area contributed by atoms with Gasteiger partial charge in [0.1, 0.15) is 5.75 Å². The highest BCUT2D eigenvalue weighted by molar-refractivity contribution is 5.97. The Hall–Kier alpha value is -1.55. The van der Waals surface area contributed by atoms with Crippen molar-refractivity contribution in [3.63, 3.8) is 0 Å². The van der Waals surface area contributed by atoms with Crippen LogP contribution in [0.4, 0.5) is 0 Å². The topological polar surface area (TPSA) is 41.6 Å². The number of methoxy groups -OCH3 is 1. The highest BCUT2D eigenvalue weighted by Crippen LogP contribution is 2.20. The summed E-state index contributed by atoms with van der Waals surface area (Å²) in [5, 5.41) is 3.33. The average Bonchev–Trinajstić information content (AvgIpc) is 2.46. The highest BCUT2D eigenvalue weighted by atomic mass is 16.5. The molecule has 4 heteroatoms. The lowest BCUT2D eigenvalue weighted by Crippen LogP contribution is -2.46. The Morgan fingerprint density at radius 2 is 2.22 bits per heavy atom. The number of nitrogens with zero attached hydrogens (tertiary/aromatic N) is 1. The second kappa shape index (κ2) is 5.87. The maximum absolute atomic E-state index is 12.4. The van der Waals surface area contributed by atoms with Gasteiger partial charge in [0, 0.05) is 19.6 Å². The minimum Gasteiger partial charge on any atom is -0.496 e. The average molecular weight is 248 g/mol. The molecular formula is C14H20N2O2. The summed E-state index contributed by atoms with van der Waals surface area (Å²) in [4.78, 5) is 14.3. The minimum atomic E-state index is 0.0288. The molecule has 1 atom stereocenters. The molecule has 1 aromatic rings. The van der Waals surface area contributed by atoms with Crippen molar-refractivity contribution >= 4 is 5.91 Å². The van der Waals surface area contributed by atoms with Crippen molar-refractivity contribution in [1.29, 1.82) is 0 Å². The monoisotopic (exact) mass is 248 g/mol. The molecule has 98 valence electrons. The van der Waals surface area contributed by atoms with Crippen molar-refractivity contribution in [1.82, 2.24) is 10.2 Å². The largest absolute Gasteiger partial charge is 0.496 e. The van der Waals surface area contributed by atoms with E-state index in [0.29, 0.717) is 11.3 Å². The third-order valence-corrected chi connectivity index (χ3v) is 3.48. The number of carbonyl (C=O) groups excluding carboxylic acids is 1. The van der Waals surface area contributed by atoms with E-state index in [2.05, 4.69) is 5.32 Å². The summed E-state index contributed by atoms with van der Waals surface area (Å²) in [5.41, 5.74) is 0.632. The lowest BCUT2D eigenvalue weighted by molar-refractivity contribution is 0.0705. The third-order valence-electron chi connectivity index (χ3n) is 3.48. The standard InChI is InChI=1S/C14H20N2O2/c1-16(11-6-5-9-15-10-11)14(17)12-7-3-4-8-13(12)18-2/h3-4,7-8,11,15H,5-6,9-10H2,1-2H3. The summed E-state index contributed by atoms with van der Waals surface area (Å²) in [6.07, 6.45) is 2.18. The van der Waals surface area contributed by atoms with Crippen LogP contribution in [-0.4, -0.2) is 44.1 Å². The van der Waals surface area contributed by atoms with Gasteiger partial charge in [0.15, 0.2) is 0 Å². The van der Waals surface area contributed by atoms with Crippen LogP contribution in [0.5, 0.6) is 5.75 Å². The number of hydrogen-bond donors (Lipinski definition) is 1. The number of piperidine rings is 1. The molecule has 1 saturated heterocycles. The summed E-state index contributed by atoms with van der Waals surface area (Å²) >= 11 is 0. The van der Waals surface area contributed by atoms with E-state index in [1.54, 1.807) is 7.11 Å². The second-order valence-electron chi connectivity index (χ2n) is 4.62. The lowest BCUT2D eigenvalue weighted by atomic mass is 10.0. The maximum Gasteiger partial charge on any atom is 0.257 e. The number of amides is 1. The molecular weight excluding hydrogens is 228 g/mol. The second-order valence-corrected chi connectivity index (χ2v) is 4.62. The fraction of sp³-hybridized carbons (Fsp3) is 0.500. The van der Waals surface area contributed by atoms with E-state index in [-0.39, 0.29) is 11.9 Å². The Bertz CT molecular complexity index is 414. The number of likely N-dealkylation sites (N-methyl/N-ethyl adjacent to an activating group) is 1. The van der Waals surface area contributed by atoms with Crippen LogP contribution in [0.2, 0.25) is 0 Å². The van der Waals surface area contributed by atoms with E-state index < -0.39 is 0 Å². The summed E-state index contributed by atoms with van der Waals surface area (Å²) in [6.45, 7) is 1.92. The van der Waals surface area contributed by atoms with Crippen molar-refractivity contribution in [2.24, 2.45) is 0 Å². The predicted molar refractivity (Wildman–Crippen MR) is 71.0 cm³/mol. The van der Waals surface area contributed by atoms with Gasteiger partial charge in [0.05, 0.1) is 12.7 Å². The molecule has 1 fully saturated rings. The SMILES string of the molecule is COc1ccccc1C(=O)N(C)C1CCCNC1. The number of ether oxygens (including phenoxy) is 1. The molecule has 18 heavy (non-hydrogen) atoms. The summed E-state index contributed by atoms with van der Waals surface area (Å²) < 4.78 is 5.24. The first-order chi connectivity index (χ1) is 8.74. The number of hydrogen-bond acceptors (Lipinski definition) is 3. The van der Waals surface area contributed by atoms with Gasteiger partial charge in [0.2, 0.25) is 0 Å². The van der Waals surface area contributed by atoms with Gasteiger partial charge < -0.3 is 15.0 Å². The molecule has 0 aromatic heterocycles. The number of para-hydroxylation sites is 1. The zero-order valence-electron chi connectivity index (χ0n) is 11.0. The summed E-state index contributed by atoms with van der Waals surface area (Å²) in [6, 6.07) is 7.64. The third kappa shape index (κ3) is 2.64. The Morgan fingerprint density at radius 1 is 1.44 bits per heavy atom. The molecule has 0 saturated carbocycles. The van der Waals surface area contributed by atoms with Gasteiger partial charge in [-0.1, -0.05) is 12.1 Å². The van der Waals surface area contributed by atoms with Crippen molar-refractivity contribution in [2.75, 3.05) is 27.2 Å². The first-order valence-electron chi connectivity index (χ1n) is 6.35. The fourth-order valence-corrected chi connectivity index (χ4v) is 2.34. The molecule has 1 amide bonds. The molecule has 0 radical (unpaired) electrons. The lowest BCUT2D eigenvalue weighted by Gasteiger charge is -2.32. The van der Waals surface area contributed by atoms with Gasteiger partial charge >= 0.3 is 0 Å². The van der Waals surface area contributed by atoms with Crippen LogP contribution in [0.25, 0.3) is 0 Å². The molecule has 1 heterocycles. The predicted octanol–water partition coefficient (Wildman–Crippen LogP) is 1.52. The Labute approximate surface area is 108 Å². The van der Waals surface area contributed by atoms with E-state index in [1.807, 2.05) is 36.2 Å². The first kappa shape index (κ1) is 12.9. The van der Waals surface area contributed by atoms with Crippen molar-refractivity contribution < 1.29 is 9.53 Å². The van der Waals surface area contributed by atoms with Crippen LogP contribution in [-0.2, 0) is 0 Å². The van der Waals surface area contributed by atoms with Crippen molar-refractivity contribution in [3.8, 4) is 5.75 Å². The van der Waals surface area contributed by atoms with Crippen LogP contribution in [0.1, 0.15) is 23.2 Å². The van der Waals surface area contributed by atoms with Gasteiger partial charge in [-0.25, -0.2) is 0 Å². The first-order valence-corrected chi connectivity index (χ1v) is 6.35. The normalized spacial score (nSPS) is 19.3. The van der Waals surface area contributed by atoms with E-state index in [1.165, 1.54) is 0 Å². The summed E-state index contributed by atoms with van der Waals surface area (Å²) in [7, 11) is 3.46. The van der Waals surface area contributed by atoms with E-state index in [9.17, 15) is 4.79 Å². The molecule has 1 aliphatic heterocycles. The Kier molecular flexibility index (Phi) is 4.20. The van der Waals surface area contributed by atoms with Crippen LogP contribution in [0.3, 0.4) is 0 Å². The zero-order valence-corrected chi connectivity index (χ0v) is 11.0. The Balaban J connectivity index is 2.14. The van der Waals surface area contributed by atoms with E-state index in [0.717, 1.165) is 25.9 Å². The van der Waals surface area contributed by atoms with Crippen molar-refractivity contribution in [3.05, 3.63) is 29.8 Å². The van der Waals surface area contributed by atoms with Gasteiger partial charge in [-0.3, -0.25) is 4.79 Å². The molecule has 4 nitrogen and oxygen atoms in total. The fourth-order valence-electron chi connectivity index (χ4n) is 2.34. The maximum atomic E-state index is 12.4. The van der Waals surface area contributed by atoms with Gasteiger partial charge in [-0.15, -0.1) is 0 Å². The molecule has 1 unspecified atom stereocenters. The molecule has 1 aliphatic rings. The van der Waals surface area contributed by atoms with E-state index >= 15 is 0 Å². The minimum absolute atomic E-state index is 0.0288. The van der Waals surface area contributed by atoms with Crippen LogP contribution >= 0.6 is 0 Å². The molecule has 0 spiro atoms. The van der Waals surface area contributed by atoms with Gasteiger partial charge in [-0.2, -0.15) is 0 Å². The molecule has 1 aromatic carbocycles. The number of nitrogens with one attached hydrogen (secondary N) is 1. The van der Waals surface area contributed by atoms with Crippen LogP contribution < -0.4 is 10.1 Å². The zero-order chi connectivity index (χ0) is 13.0. The smallest absolute Gasteiger partial charge is 0.257 e. The van der Waals surface area contributed by atoms with Gasteiger partial charge in [-0.05, 0) is 31.5 Å². The molecule has 0 bridgehead atoms. The van der Waals surface area contributed by atoms with Crippen molar-refractivity contribution in [2.45, 2.75) is 18.9 Å². The van der Waals surface area contributed by atoms with E-state index in [4.69, 9.17) is 4.74 Å². The highest BCUT2D eigenvalue weighted by Gasteiger charge is 2.24. The number of carbonyl (C=O) groups is 1.